The Morgan fingerprint density at radius 1 is 1.30 bits per heavy atom. The Labute approximate surface area is 56.3 Å². The summed E-state index contributed by atoms with van der Waals surface area (Å²) in [4.78, 5) is 29.7. The molecule has 2 N–H and O–H groups in total. The van der Waals surface area contributed by atoms with Gasteiger partial charge in [0.2, 0.25) is 0 Å². The molecule has 0 aliphatic carbocycles. The predicted molar refractivity (Wildman–Crippen MR) is 29.4 cm³/mol. The molecule has 0 rings (SSSR count). The van der Waals surface area contributed by atoms with Gasteiger partial charge in [-0.2, -0.15) is 0 Å². The standard InChI is InChI=1S/C5H6O5/c6-2-1-3(4(7)8)5(9)10/h2-3H,1H2,(H,7,8)(H,9,10). The van der Waals surface area contributed by atoms with Crippen molar-refractivity contribution >= 4 is 18.2 Å². The summed E-state index contributed by atoms with van der Waals surface area (Å²) < 4.78 is 0. The molecule has 0 aliphatic rings. The van der Waals surface area contributed by atoms with Crippen LogP contribution in [0.15, 0.2) is 0 Å². The fraction of sp³-hybridized carbons (Fsp3) is 0.400. The third kappa shape index (κ3) is 2.25. The van der Waals surface area contributed by atoms with Crippen LogP contribution >= 0.6 is 0 Å². The van der Waals surface area contributed by atoms with E-state index in [1.165, 1.54) is 0 Å². The largest absolute Gasteiger partial charge is 0.481 e. The zero-order valence-electron chi connectivity index (χ0n) is 4.98. The summed E-state index contributed by atoms with van der Waals surface area (Å²) in [6, 6.07) is 0. The maximum atomic E-state index is 9.99. The molecule has 0 aromatic heterocycles. The molecule has 0 spiro atoms. The highest BCUT2D eigenvalue weighted by Gasteiger charge is 2.24. The topological polar surface area (TPSA) is 91.7 Å². The van der Waals surface area contributed by atoms with Gasteiger partial charge < -0.3 is 15.0 Å². The first-order chi connectivity index (χ1) is 4.59. The van der Waals surface area contributed by atoms with Crippen LogP contribution < -0.4 is 0 Å². The summed E-state index contributed by atoms with van der Waals surface area (Å²) in [7, 11) is 0. The fourth-order valence-electron chi connectivity index (χ4n) is 0.403. The van der Waals surface area contributed by atoms with Crippen molar-refractivity contribution in [2.24, 2.45) is 5.92 Å². The molecule has 0 fully saturated rings. The summed E-state index contributed by atoms with van der Waals surface area (Å²) in [6.45, 7) is 0. The second-order valence-corrected chi connectivity index (χ2v) is 1.63. The Morgan fingerprint density at radius 2 is 1.70 bits per heavy atom. The third-order valence-electron chi connectivity index (χ3n) is 0.928. The Morgan fingerprint density at radius 3 is 1.80 bits per heavy atom. The number of carbonyl (C=O) groups excluding carboxylic acids is 1. The molecule has 5 heteroatoms. The monoisotopic (exact) mass is 146 g/mol. The van der Waals surface area contributed by atoms with E-state index in [1.807, 2.05) is 0 Å². The molecule has 5 nitrogen and oxygen atoms in total. The number of carboxylic acid groups (broad SMARTS) is 2. The van der Waals surface area contributed by atoms with Crippen LogP contribution in [-0.2, 0) is 14.4 Å². The smallest absolute Gasteiger partial charge is 0.318 e. The van der Waals surface area contributed by atoms with Crippen LogP contribution in [-0.4, -0.2) is 28.4 Å². The maximum absolute atomic E-state index is 9.99. The second kappa shape index (κ2) is 3.60. The molecule has 0 unspecified atom stereocenters. The zero-order valence-corrected chi connectivity index (χ0v) is 4.98. The van der Waals surface area contributed by atoms with E-state index < -0.39 is 24.3 Å². The van der Waals surface area contributed by atoms with Crippen molar-refractivity contribution in [1.29, 1.82) is 0 Å². The average molecular weight is 146 g/mol. The molecule has 56 valence electrons. The van der Waals surface area contributed by atoms with Crippen molar-refractivity contribution in [3.63, 3.8) is 0 Å². The van der Waals surface area contributed by atoms with Gasteiger partial charge in [-0.1, -0.05) is 0 Å². The number of hydrogen-bond donors (Lipinski definition) is 2. The third-order valence-corrected chi connectivity index (χ3v) is 0.928. The van der Waals surface area contributed by atoms with Crippen molar-refractivity contribution in [1.82, 2.24) is 0 Å². The van der Waals surface area contributed by atoms with Gasteiger partial charge >= 0.3 is 11.9 Å². The molecule has 0 radical (unpaired) electrons. The van der Waals surface area contributed by atoms with E-state index in [-0.39, 0.29) is 6.29 Å². The molecule has 0 aromatic rings. The van der Waals surface area contributed by atoms with Crippen LogP contribution in [0.1, 0.15) is 6.42 Å². The van der Waals surface area contributed by atoms with Gasteiger partial charge in [0.05, 0.1) is 0 Å². The van der Waals surface area contributed by atoms with Crippen LogP contribution in [0, 0.1) is 5.92 Å². The summed E-state index contributed by atoms with van der Waals surface area (Å²) in [6.07, 6.45) is -0.211. The minimum absolute atomic E-state index is 0.271. The number of carbonyl (C=O) groups is 3. The van der Waals surface area contributed by atoms with E-state index in [1.54, 1.807) is 0 Å². The van der Waals surface area contributed by atoms with Crippen molar-refractivity contribution in [2.75, 3.05) is 0 Å². The van der Waals surface area contributed by atoms with Crippen LogP contribution in [0.2, 0.25) is 0 Å². The fourth-order valence-corrected chi connectivity index (χ4v) is 0.403. The average Bonchev–Trinajstić information content (AvgIpc) is 1.81. The number of hydrogen-bond acceptors (Lipinski definition) is 3. The molecular formula is C5H6O5. The lowest BCUT2D eigenvalue weighted by Gasteiger charge is -1.99. The van der Waals surface area contributed by atoms with Gasteiger partial charge in [-0.05, 0) is 0 Å². The van der Waals surface area contributed by atoms with Crippen LogP contribution in [0.3, 0.4) is 0 Å². The van der Waals surface area contributed by atoms with E-state index in [0.717, 1.165) is 0 Å². The van der Waals surface area contributed by atoms with Gasteiger partial charge in [0, 0.05) is 6.42 Å². The van der Waals surface area contributed by atoms with Crippen LogP contribution in [0.25, 0.3) is 0 Å². The van der Waals surface area contributed by atoms with Crippen molar-refractivity contribution in [3.8, 4) is 0 Å². The van der Waals surface area contributed by atoms with E-state index in [2.05, 4.69) is 0 Å². The lowest BCUT2D eigenvalue weighted by molar-refractivity contribution is -0.155. The Balaban J connectivity index is 4.11. The van der Waals surface area contributed by atoms with Gasteiger partial charge in [-0.3, -0.25) is 9.59 Å². The Hall–Kier alpha value is -1.39. The van der Waals surface area contributed by atoms with E-state index >= 15 is 0 Å². The lowest BCUT2D eigenvalue weighted by atomic mass is 10.1. The molecule has 0 amide bonds. The number of aliphatic carboxylic acids is 2. The molecule has 0 aliphatic heterocycles. The van der Waals surface area contributed by atoms with Gasteiger partial charge in [0.15, 0.2) is 5.92 Å². The van der Waals surface area contributed by atoms with Gasteiger partial charge in [-0.25, -0.2) is 0 Å². The first-order valence-corrected chi connectivity index (χ1v) is 2.49. The highest BCUT2D eigenvalue weighted by Crippen LogP contribution is 1.99. The molecule has 0 atom stereocenters. The summed E-state index contributed by atoms with van der Waals surface area (Å²) >= 11 is 0. The minimum Gasteiger partial charge on any atom is -0.481 e. The second-order valence-electron chi connectivity index (χ2n) is 1.63. The summed E-state index contributed by atoms with van der Waals surface area (Å²) in [5.41, 5.74) is 0. The first kappa shape index (κ1) is 8.61. The van der Waals surface area contributed by atoms with E-state index in [0.29, 0.717) is 0 Å². The van der Waals surface area contributed by atoms with E-state index in [9.17, 15) is 14.4 Å². The molecule has 0 heterocycles. The first-order valence-electron chi connectivity index (χ1n) is 2.49. The quantitative estimate of drug-likeness (QED) is 0.406. The molecular weight excluding hydrogens is 140 g/mol. The maximum Gasteiger partial charge on any atom is 0.318 e. The Bertz CT molecular complexity index is 147. The number of rotatable bonds is 4. The molecule has 10 heavy (non-hydrogen) atoms. The highest BCUT2D eigenvalue weighted by atomic mass is 16.4. The van der Waals surface area contributed by atoms with Crippen molar-refractivity contribution < 1.29 is 24.6 Å². The van der Waals surface area contributed by atoms with Gasteiger partial charge in [-0.15, -0.1) is 0 Å². The molecule has 0 saturated carbocycles. The highest BCUT2D eigenvalue weighted by molar-refractivity contribution is 5.94. The number of carboxylic acids is 2. The molecule has 0 saturated heterocycles. The van der Waals surface area contributed by atoms with Gasteiger partial charge in [0.25, 0.3) is 0 Å². The summed E-state index contributed by atoms with van der Waals surface area (Å²) in [5, 5.41) is 16.3. The normalized spacial score (nSPS) is 9.30. The lowest BCUT2D eigenvalue weighted by Crippen LogP contribution is -2.23. The SMILES string of the molecule is O=CCC(C(=O)O)C(=O)O. The predicted octanol–water partition coefficient (Wildman–Crippen LogP) is -0.639. The summed E-state index contributed by atoms with van der Waals surface area (Å²) in [5.74, 6) is -4.57. The Kier molecular flexibility index (Phi) is 3.10. The zero-order chi connectivity index (χ0) is 8.15. The molecule has 0 aromatic carbocycles. The number of aldehydes is 1. The minimum atomic E-state index is -1.60. The van der Waals surface area contributed by atoms with E-state index in [4.69, 9.17) is 10.2 Å². The van der Waals surface area contributed by atoms with Crippen LogP contribution in [0.5, 0.6) is 0 Å². The van der Waals surface area contributed by atoms with Crippen LogP contribution in [0.4, 0.5) is 0 Å². The van der Waals surface area contributed by atoms with Gasteiger partial charge in [0.1, 0.15) is 6.29 Å². The van der Waals surface area contributed by atoms with Crippen molar-refractivity contribution in [3.05, 3.63) is 0 Å². The van der Waals surface area contributed by atoms with Crippen molar-refractivity contribution in [2.45, 2.75) is 6.42 Å². The molecule has 0 bridgehead atoms.